The summed E-state index contributed by atoms with van der Waals surface area (Å²) < 4.78 is 0.577. The highest BCUT2D eigenvalue weighted by atomic mass is 79.9. The molecule has 6 heteroatoms. The topological polar surface area (TPSA) is 62.0 Å². The molecule has 0 fully saturated rings. The Hall–Kier alpha value is -1.59. The molecule has 0 bridgehead atoms. The number of rotatable bonds is 2. The number of H-pyrrole nitrogens is 1. The van der Waals surface area contributed by atoms with E-state index < -0.39 is 5.91 Å². The average Bonchev–Trinajstić information content (AvgIpc) is 2.34. The molecule has 1 heterocycles. The second-order valence-corrected chi connectivity index (χ2v) is 5.15. The molecule has 0 saturated carbocycles. The molecule has 1 aromatic carbocycles. The minimum atomic E-state index is -0.482. The van der Waals surface area contributed by atoms with Crippen LogP contribution in [-0.2, 0) is 0 Å². The van der Waals surface area contributed by atoms with Gasteiger partial charge < -0.3 is 10.3 Å². The van der Waals surface area contributed by atoms with Gasteiger partial charge in [0, 0.05) is 18.0 Å². The van der Waals surface area contributed by atoms with Crippen LogP contribution in [0.4, 0.5) is 5.69 Å². The molecule has 0 aliphatic rings. The van der Waals surface area contributed by atoms with Crippen LogP contribution in [0.15, 0.2) is 39.7 Å². The van der Waals surface area contributed by atoms with Crippen LogP contribution in [0.3, 0.4) is 0 Å². The van der Waals surface area contributed by atoms with Crippen molar-refractivity contribution >= 4 is 39.1 Å². The van der Waals surface area contributed by atoms with Crippen molar-refractivity contribution in [3.63, 3.8) is 0 Å². The summed E-state index contributed by atoms with van der Waals surface area (Å²) in [5.74, 6) is -0.482. The fourth-order valence-corrected chi connectivity index (χ4v) is 2.08. The van der Waals surface area contributed by atoms with Gasteiger partial charge in [0.15, 0.2) is 5.43 Å². The van der Waals surface area contributed by atoms with Gasteiger partial charge in [0.25, 0.3) is 5.91 Å². The van der Waals surface area contributed by atoms with Gasteiger partial charge in [-0.15, -0.1) is 0 Å². The second kappa shape index (κ2) is 5.59. The van der Waals surface area contributed by atoms with E-state index in [1.54, 1.807) is 25.1 Å². The number of halogens is 2. The van der Waals surface area contributed by atoms with Gasteiger partial charge >= 0.3 is 0 Å². The van der Waals surface area contributed by atoms with Gasteiger partial charge in [-0.3, -0.25) is 9.59 Å². The van der Waals surface area contributed by atoms with Crippen LogP contribution < -0.4 is 10.7 Å². The zero-order valence-electron chi connectivity index (χ0n) is 9.96. The molecule has 1 aromatic heterocycles. The molecular formula is C13H10BrClN2O2. The Bertz CT molecular complexity index is 697. The molecule has 0 spiro atoms. The molecule has 2 aromatic rings. The number of aromatic nitrogens is 1. The lowest BCUT2D eigenvalue weighted by Crippen LogP contribution is -2.21. The lowest BCUT2D eigenvalue weighted by atomic mass is 10.2. The van der Waals surface area contributed by atoms with Gasteiger partial charge in [-0.05, 0) is 35.0 Å². The number of aromatic amines is 1. The fraction of sp³-hybridized carbons (Fsp3) is 0.0769. The minimum Gasteiger partial charge on any atom is -0.364 e. The number of aryl methyl sites for hydroxylation is 1. The predicted octanol–water partition coefficient (Wildman–Crippen LogP) is 3.35. The summed E-state index contributed by atoms with van der Waals surface area (Å²) in [4.78, 5) is 26.6. The van der Waals surface area contributed by atoms with Crippen LogP contribution in [-0.4, -0.2) is 10.9 Å². The van der Waals surface area contributed by atoms with Crippen molar-refractivity contribution in [2.75, 3.05) is 5.32 Å². The molecule has 0 unspecified atom stereocenters. The molecule has 1 amide bonds. The maximum atomic E-state index is 12.0. The maximum absolute atomic E-state index is 12.0. The number of amides is 1. The van der Waals surface area contributed by atoms with E-state index in [9.17, 15) is 9.59 Å². The molecule has 0 saturated heterocycles. The van der Waals surface area contributed by atoms with Crippen molar-refractivity contribution in [2.45, 2.75) is 6.92 Å². The Balaban J connectivity index is 2.31. The maximum Gasteiger partial charge on any atom is 0.261 e. The van der Waals surface area contributed by atoms with Crippen molar-refractivity contribution in [3.8, 4) is 0 Å². The van der Waals surface area contributed by atoms with E-state index >= 15 is 0 Å². The first kappa shape index (κ1) is 13.8. The standard InChI is InChI=1S/C13H10BrClN2O2/c1-7-5-11(18)8(6-16-7)13(19)17-10-4-2-3-9(15)12(10)14/h2-6H,1H3,(H,16,18)(H,17,19). The monoisotopic (exact) mass is 340 g/mol. The van der Waals surface area contributed by atoms with Crippen LogP contribution in [0.5, 0.6) is 0 Å². The van der Waals surface area contributed by atoms with Gasteiger partial charge in [-0.25, -0.2) is 0 Å². The van der Waals surface area contributed by atoms with Gasteiger partial charge in [-0.1, -0.05) is 17.7 Å². The molecule has 98 valence electrons. The average molecular weight is 342 g/mol. The van der Waals surface area contributed by atoms with E-state index in [1.165, 1.54) is 12.3 Å². The second-order valence-electron chi connectivity index (χ2n) is 3.95. The number of nitrogens with one attached hydrogen (secondary N) is 2. The highest BCUT2D eigenvalue weighted by Crippen LogP contribution is 2.30. The molecule has 0 aliphatic carbocycles. The number of benzene rings is 1. The van der Waals surface area contributed by atoms with Gasteiger partial charge in [0.05, 0.1) is 15.2 Å². The normalized spacial score (nSPS) is 10.3. The minimum absolute atomic E-state index is 0.0532. The lowest BCUT2D eigenvalue weighted by molar-refractivity contribution is 0.102. The molecule has 2 N–H and O–H groups in total. The SMILES string of the molecule is Cc1cc(=O)c(C(=O)Nc2cccc(Cl)c2Br)c[nH]1. The third-order valence-electron chi connectivity index (χ3n) is 2.50. The van der Waals surface area contributed by atoms with Crippen molar-refractivity contribution < 1.29 is 4.79 Å². The molecule has 0 atom stereocenters. The Morgan fingerprint density at radius 3 is 2.84 bits per heavy atom. The van der Waals surface area contributed by atoms with Gasteiger partial charge in [0.1, 0.15) is 5.56 Å². The van der Waals surface area contributed by atoms with Crippen LogP contribution in [0.1, 0.15) is 16.1 Å². The van der Waals surface area contributed by atoms with E-state index in [1.807, 2.05) is 0 Å². The lowest BCUT2D eigenvalue weighted by Gasteiger charge is -2.08. The van der Waals surface area contributed by atoms with E-state index in [0.29, 0.717) is 20.9 Å². The number of carbonyl (C=O) groups excluding carboxylic acids is 1. The fourth-order valence-electron chi connectivity index (χ4n) is 1.54. The van der Waals surface area contributed by atoms with Crippen molar-refractivity contribution in [1.29, 1.82) is 0 Å². The summed E-state index contributed by atoms with van der Waals surface area (Å²) in [7, 11) is 0. The third-order valence-corrected chi connectivity index (χ3v) is 3.90. The third kappa shape index (κ3) is 3.05. The Morgan fingerprint density at radius 1 is 1.42 bits per heavy atom. The number of anilines is 1. The predicted molar refractivity (Wildman–Crippen MR) is 78.9 cm³/mol. The van der Waals surface area contributed by atoms with Gasteiger partial charge in [0.2, 0.25) is 0 Å². The molecule has 4 nitrogen and oxygen atoms in total. The molecule has 19 heavy (non-hydrogen) atoms. The Labute approximate surface area is 122 Å². The van der Waals surface area contributed by atoms with E-state index in [-0.39, 0.29) is 11.0 Å². The number of hydrogen-bond acceptors (Lipinski definition) is 2. The molecule has 0 radical (unpaired) electrons. The zero-order valence-corrected chi connectivity index (χ0v) is 12.3. The first-order chi connectivity index (χ1) is 8.99. The van der Waals surface area contributed by atoms with E-state index in [4.69, 9.17) is 11.6 Å². The zero-order chi connectivity index (χ0) is 14.0. The largest absolute Gasteiger partial charge is 0.364 e. The van der Waals surface area contributed by atoms with Gasteiger partial charge in [-0.2, -0.15) is 0 Å². The smallest absolute Gasteiger partial charge is 0.261 e. The highest BCUT2D eigenvalue weighted by molar-refractivity contribution is 9.10. The molecule has 0 aliphatic heterocycles. The number of carbonyl (C=O) groups is 1. The Kier molecular flexibility index (Phi) is 4.07. The first-order valence-corrected chi connectivity index (χ1v) is 6.61. The summed E-state index contributed by atoms with van der Waals surface area (Å²) in [6, 6.07) is 6.47. The van der Waals surface area contributed by atoms with E-state index in [2.05, 4.69) is 26.2 Å². The summed E-state index contributed by atoms with van der Waals surface area (Å²) >= 11 is 9.21. The summed E-state index contributed by atoms with van der Waals surface area (Å²) in [6.07, 6.45) is 1.39. The van der Waals surface area contributed by atoms with Crippen molar-refractivity contribution in [2.24, 2.45) is 0 Å². The van der Waals surface area contributed by atoms with Crippen molar-refractivity contribution in [1.82, 2.24) is 4.98 Å². The van der Waals surface area contributed by atoms with Crippen LogP contribution >= 0.6 is 27.5 Å². The summed E-state index contributed by atoms with van der Waals surface area (Å²) in [5.41, 5.74) is 0.937. The molecular weight excluding hydrogens is 332 g/mol. The Morgan fingerprint density at radius 2 is 2.16 bits per heavy atom. The number of hydrogen-bond donors (Lipinski definition) is 2. The summed E-state index contributed by atoms with van der Waals surface area (Å²) in [5, 5.41) is 3.12. The van der Waals surface area contributed by atoms with Crippen LogP contribution in [0, 0.1) is 6.92 Å². The van der Waals surface area contributed by atoms with E-state index in [0.717, 1.165) is 0 Å². The highest BCUT2D eigenvalue weighted by Gasteiger charge is 2.12. The summed E-state index contributed by atoms with van der Waals surface area (Å²) in [6.45, 7) is 1.75. The van der Waals surface area contributed by atoms with Crippen LogP contribution in [0.25, 0.3) is 0 Å². The van der Waals surface area contributed by atoms with Crippen LogP contribution in [0.2, 0.25) is 5.02 Å². The molecule has 2 rings (SSSR count). The quantitative estimate of drug-likeness (QED) is 0.880. The first-order valence-electron chi connectivity index (χ1n) is 5.43. The number of pyridine rings is 1. The van der Waals surface area contributed by atoms with Crippen molar-refractivity contribution in [3.05, 3.63) is 61.4 Å².